The van der Waals surface area contributed by atoms with E-state index in [4.69, 9.17) is 15.4 Å². The maximum atomic E-state index is 13.1. The Morgan fingerprint density at radius 1 is 1.27 bits per heavy atom. The maximum Gasteiger partial charge on any atom is 0.304 e. The Labute approximate surface area is 182 Å². The van der Waals surface area contributed by atoms with Crippen LogP contribution < -0.4 is 0 Å². The number of nitrogens with zero attached hydrogens (tertiary/aromatic N) is 4. The van der Waals surface area contributed by atoms with E-state index in [9.17, 15) is 13.2 Å². The molecule has 0 atom stereocenters. The highest BCUT2D eigenvalue weighted by Gasteiger charge is 2.35. The van der Waals surface area contributed by atoms with Crippen LogP contribution in [0.15, 0.2) is 30.4 Å². The van der Waals surface area contributed by atoms with Gasteiger partial charge in [-0.1, -0.05) is 11.1 Å². The van der Waals surface area contributed by atoms with Gasteiger partial charge in [0.05, 0.1) is 29.0 Å². The molecule has 0 aliphatic rings. The van der Waals surface area contributed by atoms with Crippen molar-refractivity contribution in [2.45, 2.75) is 39.1 Å². The highest BCUT2D eigenvalue weighted by Crippen LogP contribution is 2.26. The monoisotopic (exact) mass is 494 g/mol. The fourth-order valence-electron chi connectivity index (χ4n) is 2.98. The average Bonchev–Trinajstić information content (AvgIpc) is 3.35. The third kappa shape index (κ3) is 3.80. The van der Waals surface area contributed by atoms with Gasteiger partial charge in [-0.3, -0.25) is 9.48 Å². The Morgan fingerprint density at radius 2 is 1.97 bits per heavy atom. The van der Waals surface area contributed by atoms with Crippen LogP contribution in [0.25, 0.3) is 0 Å². The van der Waals surface area contributed by atoms with Gasteiger partial charge >= 0.3 is 5.91 Å². The van der Waals surface area contributed by atoms with E-state index in [2.05, 4.69) is 32.1 Å². The number of aromatic nitrogens is 3. The molecule has 0 radical (unpaired) electrons. The molecule has 0 saturated carbocycles. The highest BCUT2D eigenvalue weighted by molar-refractivity contribution is 9.10. The first-order valence-corrected chi connectivity index (χ1v) is 11.0. The first-order chi connectivity index (χ1) is 14.1. The molecule has 3 aromatic rings. The van der Waals surface area contributed by atoms with Gasteiger partial charge in [-0.2, -0.15) is 5.10 Å². The first-order valence-electron chi connectivity index (χ1n) is 8.79. The number of hydrogen-bond acceptors (Lipinski definition) is 7. The van der Waals surface area contributed by atoms with Crippen molar-refractivity contribution in [1.82, 2.24) is 19.2 Å². The molecule has 9 nitrogen and oxygen atoms in total. The topological polar surface area (TPSA) is 111 Å². The van der Waals surface area contributed by atoms with Crippen LogP contribution in [0.2, 0.25) is 0 Å². The van der Waals surface area contributed by atoms with Gasteiger partial charge in [0.15, 0.2) is 16.4 Å². The van der Waals surface area contributed by atoms with Crippen LogP contribution in [0, 0.1) is 40.0 Å². The van der Waals surface area contributed by atoms with Crippen molar-refractivity contribution in [2.75, 3.05) is 6.54 Å². The minimum absolute atomic E-state index is 0.0672. The number of hydrogen-bond donors (Lipinski definition) is 0. The molecule has 11 heteroatoms. The molecule has 1 amide bonds. The lowest BCUT2D eigenvalue weighted by molar-refractivity contribution is 0.0841. The molecule has 0 aliphatic heterocycles. The molecule has 158 valence electrons. The van der Waals surface area contributed by atoms with Crippen LogP contribution >= 0.6 is 15.9 Å². The lowest BCUT2D eigenvalue weighted by Crippen LogP contribution is -2.37. The van der Waals surface area contributed by atoms with Crippen molar-refractivity contribution >= 4 is 31.9 Å². The summed E-state index contributed by atoms with van der Waals surface area (Å²) in [6, 6.07) is 3.00. The van der Waals surface area contributed by atoms with Crippen LogP contribution in [0.5, 0.6) is 0 Å². The minimum Gasteiger partial charge on any atom is -0.454 e. The van der Waals surface area contributed by atoms with Gasteiger partial charge in [-0.05, 0) is 55.8 Å². The lowest BCUT2D eigenvalue weighted by Gasteiger charge is -2.18. The summed E-state index contributed by atoms with van der Waals surface area (Å²) in [5.74, 6) is 1.67. The molecule has 0 aliphatic carbocycles. The predicted molar refractivity (Wildman–Crippen MR) is 110 cm³/mol. The van der Waals surface area contributed by atoms with Crippen molar-refractivity contribution in [3.05, 3.63) is 51.0 Å². The van der Waals surface area contributed by atoms with E-state index in [1.807, 2.05) is 13.8 Å². The number of carbonyl (C=O) groups excluding carboxylic acids is 1. The second-order valence-electron chi connectivity index (χ2n) is 6.58. The largest absolute Gasteiger partial charge is 0.454 e. The molecule has 0 fully saturated rings. The summed E-state index contributed by atoms with van der Waals surface area (Å²) in [4.78, 5) is 12.8. The van der Waals surface area contributed by atoms with E-state index in [1.165, 1.54) is 19.9 Å². The third-order valence-electron chi connectivity index (χ3n) is 4.45. The molecule has 0 saturated heterocycles. The molecule has 0 unspecified atom stereocenters. The smallest absolute Gasteiger partial charge is 0.304 e. The first kappa shape index (κ1) is 21.9. The molecule has 0 N–H and O–H groups in total. The van der Waals surface area contributed by atoms with Gasteiger partial charge in [-0.25, -0.2) is 12.7 Å². The molecular formula is C19H19BrN4O5S. The van der Waals surface area contributed by atoms with Crippen LogP contribution in [0.3, 0.4) is 0 Å². The van der Waals surface area contributed by atoms with Gasteiger partial charge in [0.1, 0.15) is 11.5 Å². The number of rotatable bonds is 6. The summed E-state index contributed by atoms with van der Waals surface area (Å²) in [6.45, 7) is 6.48. The van der Waals surface area contributed by atoms with Crippen molar-refractivity contribution in [3.8, 4) is 12.3 Å². The van der Waals surface area contributed by atoms with Crippen LogP contribution in [0.4, 0.5) is 0 Å². The van der Waals surface area contributed by atoms with Crippen molar-refractivity contribution in [1.29, 1.82) is 0 Å². The molecule has 3 heterocycles. The summed E-state index contributed by atoms with van der Waals surface area (Å²) in [5, 5.41) is 8.04. The van der Waals surface area contributed by atoms with Crippen LogP contribution in [-0.2, 0) is 16.6 Å². The Balaban J connectivity index is 1.92. The van der Waals surface area contributed by atoms with Gasteiger partial charge in [0.2, 0.25) is 0 Å². The zero-order valence-corrected chi connectivity index (χ0v) is 19.2. The van der Waals surface area contributed by atoms with E-state index in [0.29, 0.717) is 10.1 Å². The van der Waals surface area contributed by atoms with Crippen molar-refractivity contribution < 1.29 is 22.2 Å². The molecule has 0 bridgehead atoms. The highest BCUT2D eigenvalue weighted by atomic mass is 79.9. The molecular weight excluding hydrogens is 476 g/mol. The lowest BCUT2D eigenvalue weighted by atomic mass is 10.4. The number of halogens is 1. The number of terminal acetylenes is 1. The zero-order valence-electron chi connectivity index (χ0n) is 16.8. The normalized spacial score (nSPS) is 11.5. The van der Waals surface area contributed by atoms with Crippen LogP contribution in [0.1, 0.15) is 39.2 Å². The van der Waals surface area contributed by atoms with Crippen molar-refractivity contribution in [2.24, 2.45) is 0 Å². The fourth-order valence-corrected chi connectivity index (χ4v) is 4.85. The summed E-state index contributed by atoms with van der Waals surface area (Å²) < 4.78 is 39.9. The minimum atomic E-state index is -4.29. The molecule has 0 aromatic carbocycles. The van der Waals surface area contributed by atoms with E-state index >= 15 is 0 Å². The summed E-state index contributed by atoms with van der Waals surface area (Å²) >= 11 is 3.46. The van der Waals surface area contributed by atoms with E-state index < -0.39 is 22.5 Å². The van der Waals surface area contributed by atoms with Gasteiger partial charge in [0.25, 0.3) is 10.0 Å². The summed E-state index contributed by atoms with van der Waals surface area (Å²) in [6.07, 6.45) is 5.32. The Hall–Kier alpha value is -2.84. The van der Waals surface area contributed by atoms with Gasteiger partial charge in [0, 0.05) is 0 Å². The van der Waals surface area contributed by atoms with Crippen molar-refractivity contribution in [3.63, 3.8) is 0 Å². The summed E-state index contributed by atoms with van der Waals surface area (Å²) in [7, 11) is -4.29. The number of carbonyl (C=O) groups is 1. The van der Waals surface area contributed by atoms with Gasteiger partial charge in [-0.15, -0.1) is 6.42 Å². The fraction of sp³-hybridized carbons (Fsp3) is 0.316. The molecule has 30 heavy (non-hydrogen) atoms. The third-order valence-corrected chi connectivity index (χ3v) is 7.57. The number of sulfonamides is 1. The summed E-state index contributed by atoms with van der Waals surface area (Å²) in [5.41, 5.74) is 1.85. The zero-order chi connectivity index (χ0) is 22.2. The average molecular weight is 495 g/mol. The Bertz CT molecular complexity index is 1240. The quantitative estimate of drug-likeness (QED) is 0.484. The second kappa shape index (κ2) is 8.12. The van der Waals surface area contributed by atoms with Crippen LogP contribution in [-0.4, -0.2) is 40.1 Å². The standard InChI is InChI=1S/C19H19BrN4O5S/c1-6-9-24(30(26,27)18-12(3)22-29-14(18)5)19(25)16-8-7-15(28-16)10-23-13(4)17(20)11(2)21-23/h1,7-8H,9-10H2,2-5H3. The Morgan fingerprint density at radius 3 is 2.50 bits per heavy atom. The maximum absolute atomic E-state index is 13.1. The number of amides is 1. The SMILES string of the molecule is C#CCN(C(=O)c1ccc(Cn2nc(C)c(Br)c2C)o1)S(=O)(=O)c1c(C)noc1C. The Kier molecular flexibility index (Phi) is 5.92. The molecule has 0 spiro atoms. The number of aryl methyl sites for hydroxylation is 3. The molecule has 3 rings (SSSR count). The van der Waals surface area contributed by atoms with E-state index in [1.54, 1.807) is 10.7 Å². The van der Waals surface area contributed by atoms with E-state index in [0.717, 1.165) is 15.9 Å². The second-order valence-corrected chi connectivity index (χ2v) is 9.17. The molecule has 3 aromatic heterocycles. The predicted octanol–water partition coefficient (Wildman–Crippen LogP) is 2.97. The number of furan rings is 1. The van der Waals surface area contributed by atoms with E-state index in [-0.39, 0.29) is 28.7 Å². The van der Waals surface area contributed by atoms with Gasteiger partial charge < -0.3 is 8.94 Å².